The maximum absolute atomic E-state index is 12.5. The number of sulfone groups is 1. The molecule has 1 aromatic heterocycles. The Hall–Kier alpha value is -2.59. The zero-order valence-electron chi connectivity index (χ0n) is 12.4. The Morgan fingerprint density at radius 2 is 1.67 bits per heavy atom. The minimum atomic E-state index is -4.06. The van der Waals surface area contributed by atoms with E-state index in [9.17, 15) is 21.6 Å². The second-order valence-corrected chi connectivity index (χ2v) is 8.83. The number of aromatic amines is 2. The Labute approximate surface area is 137 Å². The van der Waals surface area contributed by atoms with Crippen molar-refractivity contribution in [2.45, 2.75) is 9.79 Å². The van der Waals surface area contributed by atoms with E-state index in [0.29, 0.717) is 5.52 Å². The van der Waals surface area contributed by atoms with Crippen molar-refractivity contribution in [3.05, 3.63) is 52.8 Å². The first kappa shape index (κ1) is 16.3. The average molecular weight is 367 g/mol. The monoisotopic (exact) mass is 367 g/mol. The number of para-hydroxylation sites is 1. The van der Waals surface area contributed by atoms with E-state index in [-0.39, 0.29) is 20.9 Å². The summed E-state index contributed by atoms with van der Waals surface area (Å²) in [6, 6.07) is 9.67. The highest BCUT2D eigenvalue weighted by Gasteiger charge is 2.20. The number of rotatable bonds is 4. The molecule has 1 heterocycles. The zero-order chi connectivity index (χ0) is 17.5. The van der Waals surface area contributed by atoms with Crippen molar-refractivity contribution >= 4 is 36.5 Å². The van der Waals surface area contributed by atoms with Crippen molar-refractivity contribution in [3.63, 3.8) is 0 Å². The fraction of sp³-hybridized carbons (Fsp3) is 0.0714. The SMILES string of the molecule is CS(=O)(=O)c1ccccc1NS(=O)(=O)c1ccc2[nH][nH]c(=O)c2c1. The lowest BCUT2D eigenvalue weighted by atomic mass is 10.2. The normalized spacial score (nSPS) is 12.4. The number of sulfonamides is 1. The molecule has 0 bridgehead atoms. The maximum Gasteiger partial charge on any atom is 0.271 e. The molecule has 10 heteroatoms. The highest BCUT2D eigenvalue weighted by atomic mass is 32.2. The molecular formula is C14H13N3O5S2. The molecule has 0 unspecified atom stereocenters. The molecule has 3 aromatic rings. The maximum atomic E-state index is 12.5. The summed E-state index contributed by atoms with van der Waals surface area (Å²) in [6.07, 6.45) is 0.992. The van der Waals surface area contributed by atoms with Crippen LogP contribution in [0.5, 0.6) is 0 Å². The number of H-pyrrole nitrogens is 2. The second-order valence-electron chi connectivity index (χ2n) is 5.16. The molecule has 8 nitrogen and oxygen atoms in total. The number of hydrogen-bond acceptors (Lipinski definition) is 5. The third kappa shape index (κ3) is 2.93. The van der Waals surface area contributed by atoms with E-state index in [1.54, 1.807) is 0 Å². The second kappa shape index (κ2) is 5.49. The predicted molar refractivity (Wildman–Crippen MR) is 89.3 cm³/mol. The van der Waals surface area contributed by atoms with E-state index in [4.69, 9.17) is 0 Å². The average Bonchev–Trinajstić information content (AvgIpc) is 2.87. The van der Waals surface area contributed by atoms with Gasteiger partial charge in [-0.1, -0.05) is 12.1 Å². The van der Waals surface area contributed by atoms with Gasteiger partial charge in [0.25, 0.3) is 15.6 Å². The van der Waals surface area contributed by atoms with Gasteiger partial charge in [0.1, 0.15) is 0 Å². The van der Waals surface area contributed by atoms with Gasteiger partial charge in [0.05, 0.1) is 26.4 Å². The third-order valence-electron chi connectivity index (χ3n) is 3.39. The van der Waals surface area contributed by atoms with Crippen molar-refractivity contribution in [2.75, 3.05) is 11.0 Å². The van der Waals surface area contributed by atoms with Crippen LogP contribution in [-0.2, 0) is 19.9 Å². The highest BCUT2D eigenvalue weighted by Crippen LogP contribution is 2.24. The summed E-state index contributed by atoms with van der Waals surface area (Å²) in [7, 11) is -7.67. The largest absolute Gasteiger partial charge is 0.298 e. The highest BCUT2D eigenvalue weighted by molar-refractivity contribution is 7.93. The summed E-state index contributed by atoms with van der Waals surface area (Å²) in [5.74, 6) is 0. The van der Waals surface area contributed by atoms with Crippen LogP contribution in [0.15, 0.2) is 57.1 Å². The van der Waals surface area contributed by atoms with E-state index in [1.165, 1.54) is 42.5 Å². The summed E-state index contributed by atoms with van der Waals surface area (Å²) in [6.45, 7) is 0. The van der Waals surface area contributed by atoms with Crippen molar-refractivity contribution in [2.24, 2.45) is 0 Å². The summed E-state index contributed by atoms with van der Waals surface area (Å²) < 4.78 is 50.9. The van der Waals surface area contributed by atoms with Gasteiger partial charge >= 0.3 is 0 Å². The molecule has 0 amide bonds. The van der Waals surface area contributed by atoms with Gasteiger partial charge in [-0.3, -0.25) is 19.7 Å². The fourth-order valence-corrected chi connectivity index (χ4v) is 4.27. The van der Waals surface area contributed by atoms with Crippen LogP contribution in [-0.4, -0.2) is 33.3 Å². The molecule has 126 valence electrons. The molecule has 0 radical (unpaired) electrons. The zero-order valence-corrected chi connectivity index (χ0v) is 14.0. The van der Waals surface area contributed by atoms with Crippen molar-refractivity contribution in [1.29, 1.82) is 0 Å². The lowest BCUT2D eigenvalue weighted by Gasteiger charge is -2.11. The van der Waals surface area contributed by atoms with Crippen LogP contribution < -0.4 is 10.3 Å². The molecule has 0 aliphatic heterocycles. The van der Waals surface area contributed by atoms with Crippen LogP contribution in [0.4, 0.5) is 5.69 Å². The number of nitrogens with one attached hydrogen (secondary N) is 3. The molecule has 3 N–H and O–H groups in total. The van der Waals surface area contributed by atoms with E-state index in [2.05, 4.69) is 14.9 Å². The molecular weight excluding hydrogens is 354 g/mol. The summed E-state index contributed by atoms with van der Waals surface area (Å²) in [4.78, 5) is 11.3. The van der Waals surface area contributed by atoms with Gasteiger partial charge in [0.2, 0.25) is 0 Å². The molecule has 0 spiro atoms. The van der Waals surface area contributed by atoms with Crippen LogP contribution in [0.3, 0.4) is 0 Å². The third-order valence-corrected chi connectivity index (χ3v) is 5.91. The first-order valence-corrected chi connectivity index (χ1v) is 10.1. The number of benzene rings is 2. The van der Waals surface area contributed by atoms with Gasteiger partial charge in [0.15, 0.2) is 9.84 Å². The lowest BCUT2D eigenvalue weighted by Crippen LogP contribution is -2.15. The number of anilines is 1. The minimum Gasteiger partial charge on any atom is -0.298 e. The smallest absolute Gasteiger partial charge is 0.271 e. The topological polar surface area (TPSA) is 129 Å². The van der Waals surface area contributed by atoms with Gasteiger partial charge in [-0.2, -0.15) is 0 Å². The molecule has 0 fully saturated rings. The summed E-state index contributed by atoms with van der Waals surface area (Å²) in [5, 5.41) is 5.16. The Kier molecular flexibility index (Phi) is 3.73. The standard InChI is InChI=1S/C14H13N3O5S2/c1-23(19,20)13-5-3-2-4-12(13)17-24(21,22)9-6-7-11-10(8-9)14(18)16-15-11/h2-8,17H,1H3,(H2,15,16,18). The molecule has 0 aliphatic carbocycles. The number of aromatic nitrogens is 2. The summed E-state index contributed by atoms with van der Waals surface area (Å²) >= 11 is 0. The first-order valence-electron chi connectivity index (χ1n) is 6.71. The van der Waals surface area contributed by atoms with Gasteiger partial charge in [0, 0.05) is 6.26 Å². The predicted octanol–water partition coefficient (Wildman–Crippen LogP) is 1.06. The number of hydrogen-bond donors (Lipinski definition) is 3. The molecule has 2 aromatic carbocycles. The quantitative estimate of drug-likeness (QED) is 0.635. The summed E-state index contributed by atoms with van der Waals surface area (Å²) in [5.41, 5.74) is -0.0304. The van der Waals surface area contributed by atoms with E-state index in [1.807, 2.05) is 0 Å². The molecule has 3 rings (SSSR count). The van der Waals surface area contributed by atoms with Crippen LogP contribution in [0.2, 0.25) is 0 Å². The molecule has 24 heavy (non-hydrogen) atoms. The van der Waals surface area contributed by atoms with E-state index >= 15 is 0 Å². The van der Waals surface area contributed by atoms with Gasteiger partial charge < -0.3 is 0 Å². The fourth-order valence-electron chi connectivity index (χ4n) is 2.26. The first-order chi connectivity index (χ1) is 11.2. The molecule has 0 aliphatic rings. The van der Waals surface area contributed by atoms with E-state index < -0.39 is 25.4 Å². The van der Waals surface area contributed by atoms with Crippen LogP contribution >= 0.6 is 0 Å². The Morgan fingerprint density at radius 3 is 2.38 bits per heavy atom. The van der Waals surface area contributed by atoms with Crippen molar-refractivity contribution in [3.8, 4) is 0 Å². The van der Waals surface area contributed by atoms with Gasteiger partial charge in [-0.15, -0.1) is 0 Å². The Bertz CT molecular complexity index is 1190. The minimum absolute atomic E-state index is 0.0527. The molecule has 0 atom stereocenters. The van der Waals surface area contributed by atoms with Crippen LogP contribution in [0.25, 0.3) is 10.9 Å². The number of fused-ring (bicyclic) bond motifs is 1. The van der Waals surface area contributed by atoms with E-state index in [0.717, 1.165) is 6.26 Å². The van der Waals surface area contributed by atoms with Crippen molar-refractivity contribution in [1.82, 2.24) is 10.2 Å². The van der Waals surface area contributed by atoms with Gasteiger partial charge in [-0.05, 0) is 30.3 Å². The Balaban J connectivity index is 2.09. The van der Waals surface area contributed by atoms with Crippen LogP contribution in [0, 0.1) is 0 Å². The van der Waals surface area contributed by atoms with Gasteiger partial charge in [-0.25, -0.2) is 16.8 Å². The Morgan fingerprint density at radius 1 is 0.958 bits per heavy atom. The van der Waals surface area contributed by atoms with Crippen LogP contribution in [0.1, 0.15) is 0 Å². The molecule has 0 saturated carbocycles. The lowest BCUT2D eigenvalue weighted by molar-refractivity contribution is 0.601. The molecule has 0 saturated heterocycles. The van der Waals surface area contributed by atoms with Crippen molar-refractivity contribution < 1.29 is 16.8 Å².